The highest BCUT2D eigenvalue weighted by molar-refractivity contribution is 5.93. The normalized spacial score (nSPS) is 15.0. The number of amides is 1. The fraction of sp³-hybridized carbons (Fsp3) is 0.611. The second-order valence-corrected chi connectivity index (χ2v) is 6.20. The van der Waals surface area contributed by atoms with Gasteiger partial charge in [0.25, 0.3) is 0 Å². The highest BCUT2D eigenvalue weighted by atomic mass is 35.5. The van der Waals surface area contributed by atoms with Crippen molar-refractivity contribution in [1.29, 1.82) is 0 Å². The summed E-state index contributed by atoms with van der Waals surface area (Å²) >= 11 is 0. The maximum absolute atomic E-state index is 12.5. The van der Waals surface area contributed by atoms with Crippen LogP contribution in [0.25, 0.3) is 0 Å². The molecule has 136 valence electrons. The van der Waals surface area contributed by atoms with E-state index in [4.69, 9.17) is 4.74 Å². The first-order valence-corrected chi connectivity index (χ1v) is 8.53. The highest BCUT2D eigenvalue weighted by Crippen LogP contribution is 2.25. The minimum absolute atomic E-state index is 0. The number of carbonyl (C=O) groups is 1. The van der Waals surface area contributed by atoms with Crippen LogP contribution in [0, 0.1) is 6.92 Å². The summed E-state index contributed by atoms with van der Waals surface area (Å²) in [6, 6.07) is 6.32. The van der Waals surface area contributed by atoms with Crippen LogP contribution in [0.15, 0.2) is 18.2 Å². The molecule has 0 spiro atoms. The molecule has 1 aliphatic rings. The Bertz CT molecular complexity index is 519. The molecule has 0 unspecified atom stereocenters. The van der Waals surface area contributed by atoms with Gasteiger partial charge in [-0.05, 0) is 63.5 Å². The van der Waals surface area contributed by atoms with Crippen LogP contribution >= 0.6 is 12.4 Å². The van der Waals surface area contributed by atoms with Gasteiger partial charge in [-0.3, -0.25) is 9.69 Å². The number of nitrogens with one attached hydrogen (secondary N) is 2. The molecule has 1 fully saturated rings. The van der Waals surface area contributed by atoms with Gasteiger partial charge >= 0.3 is 0 Å². The van der Waals surface area contributed by atoms with Crippen molar-refractivity contribution in [1.82, 2.24) is 10.2 Å². The fourth-order valence-corrected chi connectivity index (χ4v) is 3.14. The number of nitrogens with zero attached hydrogens (tertiary/aromatic N) is 1. The van der Waals surface area contributed by atoms with Gasteiger partial charge in [-0.1, -0.05) is 13.0 Å². The number of hydrogen-bond acceptors (Lipinski definition) is 4. The molecule has 1 heterocycles. The van der Waals surface area contributed by atoms with Crippen LogP contribution in [0.3, 0.4) is 0 Å². The molecular formula is C18H30ClN3O2. The van der Waals surface area contributed by atoms with Crippen LogP contribution in [-0.4, -0.2) is 50.1 Å². The number of rotatable bonds is 7. The maximum Gasteiger partial charge on any atom is 0.238 e. The quantitative estimate of drug-likeness (QED) is 0.789. The van der Waals surface area contributed by atoms with Crippen molar-refractivity contribution in [3.05, 3.63) is 23.8 Å². The van der Waals surface area contributed by atoms with E-state index in [1.807, 2.05) is 25.1 Å². The summed E-state index contributed by atoms with van der Waals surface area (Å²) in [5, 5.41) is 6.39. The standard InChI is InChI=1S/C18H29N3O2.ClH/c1-4-11-21(15-7-9-19-10-8-15)13-18(22)20-16-12-14(2)5-6-17(16)23-3;/h5-6,12,15,19H,4,7-11,13H2,1-3H3,(H,20,22);1H. The molecular weight excluding hydrogens is 326 g/mol. The lowest BCUT2D eigenvalue weighted by atomic mass is 10.0. The van der Waals surface area contributed by atoms with Crippen molar-refractivity contribution in [2.75, 3.05) is 38.6 Å². The van der Waals surface area contributed by atoms with Crippen molar-refractivity contribution < 1.29 is 9.53 Å². The Morgan fingerprint density at radius 3 is 2.71 bits per heavy atom. The average molecular weight is 356 g/mol. The Kier molecular flexibility index (Phi) is 9.11. The van der Waals surface area contributed by atoms with E-state index < -0.39 is 0 Å². The Balaban J connectivity index is 0.00000288. The second kappa shape index (κ2) is 10.5. The van der Waals surface area contributed by atoms with Crippen LogP contribution < -0.4 is 15.4 Å². The number of hydrogen-bond donors (Lipinski definition) is 2. The molecule has 1 aromatic rings. The first-order chi connectivity index (χ1) is 11.1. The molecule has 0 aromatic heterocycles. The van der Waals surface area contributed by atoms with Gasteiger partial charge in [0.1, 0.15) is 5.75 Å². The van der Waals surface area contributed by atoms with Gasteiger partial charge in [-0.25, -0.2) is 0 Å². The summed E-state index contributed by atoms with van der Waals surface area (Å²) in [5.74, 6) is 0.730. The Morgan fingerprint density at radius 2 is 2.08 bits per heavy atom. The van der Waals surface area contributed by atoms with E-state index in [1.165, 1.54) is 0 Å². The van der Waals surface area contributed by atoms with E-state index in [-0.39, 0.29) is 18.3 Å². The zero-order chi connectivity index (χ0) is 16.7. The van der Waals surface area contributed by atoms with E-state index >= 15 is 0 Å². The fourth-order valence-electron chi connectivity index (χ4n) is 3.14. The zero-order valence-corrected chi connectivity index (χ0v) is 15.7. The molecule has 1 aromatic carbocycles. The van der Waals surface area contributed by atoms with Crippen molar-refractivity contribution >= 4 is 24.0 Å². The second-order valence-electron chi connectivity index (χ2n) is 6.20. The summed E-state index contributed by atoms with van der Waals surface area (Å²) in [7, 11) is 1.62. The zero-order valence-electron chi connectivity index (χ0n) is 14.9. The van der Waals surface area contributed by atoms with Gasteiger partial charge in [0, 0.05) is 6.04 Å². The number of methoxy groups -OCH3 is 1. The number of piperidine rings is 1. The third-order valence-corrected chi connectivity index (χ3v) is 4.31. The molecule has 24 heavy (non-hydrogen) atoms. The van der Waals surface area contributed by atoms with Gasteiger partial charge in [0.2, 0.25) is 5.91 Å². The summed E-state index contributed by atoms with van der Waals surface area (Å²) in [6.07, 6.45) is 3.28. The van der Waals surface area contributed by atoms with Crippen molar-refractivity contribution in [2.24, 2.45) is 0 Å². The predicted octanol–water partition coefficient (Wildman–Crippen LogP) is 2.83. The van der Waals surface area contributed by atoms with Crippen LogP contribution in [0.2, 0.25) is 0 Å². The Labute approximate surface area is 151 Å². The van der Waals surface area contributed by atoms with E-state index in [0.29, 0.717) is 18.3 Å². The van der Waals surface area contributed by atoms with Crippen molar-refractivity contribution in [3.63, 3.8) is 0 Å². The van der Waals surface area contributed by atoms with Crippen LogP contribution in [0.4, 0.5) is 5.69 Å². The first kappa shape index (κ1) is 20.7. The molecule has 0 bridgehead atoms. The molecule has 0 radical (unpaired) electrons. The van der Waals surface area contributed by atoms with Crippen molar-refractivity contribution in [2.45, 2.75) is 39.2 Å². The molecule has 5 nitrogen and oxygen atoms in total. The van der Waals surface area contributed by atoms with E-state index in [2.05, 4.69) is 22.5 Å². The van der Waals surface area contributed by atoms with Gasteiger partial charge in [-0.15, -0.1) is 12.4 Å². The third-order valence-electron chi connectivity index (χ3n) is 4.31. The minimum Gasteiger partial charge on any atom is -0.495 e. The summed E-state index contributed by atoms with van der Waals surface area (Å²) in [5.41, 5.74) is 1.85. The number of benzene rings is 1. The van der Waals surface area contributed by atoms with E-state index in [0.717, 1.165) is 50.1 Å². The molecule has 2 N–H and O–H groups in total. The number of carbonyl (C=O) groups excluding carboxylic acids is 1. The molecule has 6 heteroatoms. The maximum atomic E-state index is 12.5. The molecule has 1 aliphatic heterocycles. The molecule has 2 rings (SSSR count). The highest BCUT2D eigenvalue weighted by Gasteiger charge is 2.22. The molecule has 0 aliphatic carbocycles. The van der Waals surface area contributed by atoms with Crippen molar-refractivity contribution in [3.8, 4) is 5.75 Å². The van der Waals surface area contributed by atoms with E-state index in [9.17, 15) is 4.79 Å². The summed E-state index contributed by atoms with van der Waals surface area (Å²) in [6.45, 7) is 7.65. The lowest BCUT2D eigenvalue weighted by molar-refractivity contribution is -0.118. The Hall–Kier alpha value is -1.30. The topological polar surface area (TPSA) is 53.6 Å². The number of anilines is 1. The molecule has 0 atom stereocenters. The molecule has 1 saturated heterocycles. The summed E-state index contributed by atoms with van der Waals surface area (Å²) < 4.78 is 5.33. The monoisotopic (exact) mass is 355 g/mol. The number of halogens is 1. The number of aryl methyl sites for hydroxylation is 1. The van der Waals surface area contributed by atoms with Crippen LogP contribution in [0.5, 0.6) is 5.75 Å². The lowest BCUT2D eigenvalue weighted by Crippen LogP contribution is -2.46. The van der Waals surface area contributed by atoms with Gasteiger partial charge in [0.05, 0.1) is 19.3 Å². The Morgan fingerprint density at radius 1 is 1.38 bits per heavy atom. The number of ether oxygens (including phenoxy) is 1. The molecule has 1 amide bonds. The van der Waals surface area contributed by atoms with E-state index in [1.54, 1.807) is 7.11 Å². The SMILES string of the molecule is CCCN(CC(=O)Nc1cc(C)ccc1OC)C1CCNCC1.Cl. The lowest BCUT2D eigenvalue weighted by Gasteiger charge is -2.34. The van der Waals surface area contributed by atoms with Crippen LogP contribution in [0.1, 0.15) is 31.7 Å². The predicted molar refractivity (Wildman–Crippen MR) is 101 cm³/mol. The van der Waals surface area contributed by atoms with Gasteiger partial charge in [0.15, 0.2) is 0 Å². The smallest absolute Gasteiger partial charge is 0.238 e. The van der Waals surface area contributed by atoms with Gasteiger partial charge < -0.3 is 15.4 Å². The average Bonchev–Trinajstić information content (AvgIpc) is 2.55. The summed E-state index contributed by atoms with van der Waals surface area (Å²) in [4.78, 5) is 14.8. The minimum atomic E-state index is 0. The largest absolute Gasteiger partial charge is 0.495 e. The van der Waals surface area contributed by atoms with Gasteiger partial charge in [-0.2, -0.15) is 0 Å². The van der Waals surface area contributed by atoms with Crippen LogP contribution in [-0.2, 0) is 4.79 Å². The third kappa shape index (κ3) is 5.96. The first-order valence-electron chi connectivity index (χ1n) is 8.53. The molecule has 0 saturated carbocycles.